The molecule has 0 aliphatic rings. The lowest BCUT2D eigenvalue weighted by Gasteiger charge is -2.16. The summed E-state index contributed by atoms with van der Waals surface area (Å²) in [6.45, 7) is 1.15. The molecule has 0 saturated carbocycles. The number of hydrogen-bond acceptors (Lipinski definition) is 5. The maximum absolute atomic E-state index is 11.2. The smallest absolute Gasteiger partial charge is 0.158 e. The number of imidazole rings is 1. The molecule has 1 aromatic heterocycles. The normalized spacial score (nSPS) is 13.4. The lowest BCUT2D eigenvalue weighted by Crippen LogP contribution is -2.14. The molecule has 0 unspecified atom stereocenters. The summed E-state index contributed by atoms with van der Waals surface area (Å²) < 4.78 is 1.77. The van der Waals surface area contributed by atoms with Crippen LogP contribution in [0.15, 0.2) is 67.0 Å². The third-order valence-electron chi connectivity index (χ3n) is 5.19. The van der Waals surface area contributed by atoms with Crippen LogP contribution in [0.1, 0.15) is 42.4 Å². The first kappa shape index (κ1) is 22.6. The molecule has 0 amide bonds. The molecule has 3 N–H and O–H groups in total. The Labute approximate surface area is 182 Å². The Kier molecular flexibility index (Phi) is 7.89. The summed E-state index contributed by atoms with van der Waals surface area (Å²) in [5.41, 5.74) is 4.23. The van der Waals surface area contributed by atoms with Crippen molar-refractivity contribution < 1.29 is 20.1 Å². The van der Waals surface area contributed by atoms with Gasteiger partial charge in [-0.05, 0) is 35.6 Å². The molecule has 2 atom stereocenters. The van der Waals surface area contributed by atoms with Crippen molar-refractivity contribution in [3.8, 4) is 11.1 Å². The summed E-state index contributed by atoms with van der Waals surface area (Å²) in [6.07, 6.45) is 7.47. The van der Waals surface area contributed by atoms with Crippen molar-refractivity contribution >= 4 is 11.9 Å². The van der Waals surface area contributed by atoms with Gasteiger partial charge >= 0.3 is 0 Å². The molecule has 31 heavy (non-hydrogen) atoms. The third kappa shape index (κ3) is 5.98. The molecular formula is C25H28N2O4. The quantitative estimate of drug-likeness (QED) is 0.468. The van der Waals surface area contributed by atoms with Crippen molar-refractivity contribution in [3.63, 3.8) is 0 Å². The molecule has 2 aromatic carbocycles. The van der Waals surface area contributed by atoms with Gasteiger partial charge in [0.15, 0.2) is 5.78 Å². The Morgan fingerprint density at radius 3 is 2.29 bits per heavy atom. The number of hydrogen-bond donors (Lipinski definition) is 3. The number of benzene rings is 2. The molecule has 3 rings (SSSR count). The van der Waals surface area contributed by atoms with Crippen LogP contribution in [0.2, 0.25) is 0 Å². The van der Waals surface area contributed by atoms with E-state index in [1.165, 1.54) is 0 Å². The Morgan fingerprint density at radius 2 is 1.71 bits per heavy atom. The van der Waals surface area contributed by atoms with Gasteiger partial charge in [0.05, 0.1) is 12.6 Å². The van der Waals surface area contributed by atoms with E-state index in [0.717, 1.165) is 22.3 Å². The maximum Gasteiger partial charge on any atom is 0.158 e. The number of rotatable bonds is 10. The van der Waals surface area contributed by atoms with Gasteiger partial charge in [-0.2, -0.15) is 0 Å². The minimum absolute atomic E-state index is 0.0963. The number of carbonyl (C=O) groups excluding carboxylic acids is 1. The van der Waals surface area contributed by atoms with Crippen molar-refractivity contribution in [1.29, 1.82) is 0 Å². The predicted octanol–water partition coefficient (Wildman–Crippen LogP) is 3.34. The summed E-state index contributed by atoms with van der Waals surface area (Å²) in [4.78, 5) is 15.4. The highest BCUT2D eigenvalue weighted by Gasteiger charge is 2.14. The van der Waals surface area contributed by atoms with E-state index in [4.69, 9.17) is 5.11 Å². The molecule has 0 fully saturated rings. The van der Waals surface area contributed by atoms with Crippen LogP contribution in [0, 0.1) is 0 Å². The number of aliphatic hydroxyl groups is 3. The van der Waals surface area contributed by atoms with Gasteiger partial charge in [0.25, 0.3) is 0 Å². The molecule has 0 radical (unpaired) electrons. The minimum Gasteiger partial charge on any atom is -0.394 e. The predicted molar refractivity (Wildman–Crippen MR) is 120 cm³/mol. The SMILES string of the molecule is C[C@H](O)c1nccn1[C@@H](/C=C/c1ccc(-c2ccc(CCC(=O)CO)cc2)cc1)CO. The molecule has 0 bridgehead atoms. The molecule has 0 aliphatic heterocycles. The topological polar surface area (TPSA) is 95.6 Å². The molecule has 6 heteroatoms. The van der Waals surface area contributed by atoms with Gasteiger partial charge in [0.2, 0.25) is 0 Å². The highest BCUT2D eigenvalue weighted by molar-refractivity contribution is 5.79. The zero-order valence-electron chi connectivity index (χ0n) is 17.6. The van der Waals surface area contributed by atoms with E-state index in [-0.39, 0.29) is 18.4 Å². The van der Waals surface area contributed by atoms with Crippen LogP contribution in [0.25, 0.3) is 17.2 Å². The number of nitrogens with zero attached hydrogens (tertiary/aromatic N) is 2. The summed E-state index contributed by atoms with van der Waals surface area (Å²) >= 11 is 0. The van der Waals surface area contributed by atoms with Crippen molar-refractivity contribution in [3.05, 3.63) is 84.0 Å². The van der Waals surface area contributed by atoms with Crippen LogP contribution in [-0.4, -0.2) is 43.9 Å². The largest absolute Gasteiger partial charge is 0.394 e. The number of aryl methyl sites for hydroxylation is 1. The fourth-order valence-electron chi connectivity index (χ4n) is 3.41. The Balaban J connectivity index is 1.67. The molecular weight excluding hydrogens is 392 g/mol. The molecule has 0 aliphatic carbocycles. The number of Topliss-reactive ketones (excluding diaryl/α,β-unsaturated/α-hetero) is 1. The van der Waals surface area contributed by atoms with Crippen LogP contribution in [0.3, 0.4) is 0 Å². The van der Waals surface area contributed by atoms with E-state index in [1.807, 2.05) is 60.7 Å². The molecule has 3 aromatic rings. The standard InChI is InChI=1S/C25H28N2O4/c1-18(30)25-26-14-15-27(25)23(16-28)12-6-19-2-8-21(9-3-19)22-10-4-20(5-11-22)7-13-24(31)17-29/h2-6,8-12,14-15,18,23,28-30H,7,13,16-17H2,1H3/b12-6+/t18-,23-/m0/s1. The highest BCUT2D eigenvalue weighted by atomic mass is 16.3. The van der Waals surface area contributed by atoms with E-state index >= 15 is 0 Å². The van der Waals surface area contributed by atoms with Crippen molar-refractivity contribution in [2.75, 3.05) is 13.2 Å². The van der Waals surface area contributed by atoms with Gasteiger partial charge in [-0.3, -0.25) is 4.79 Å². The van der Waals surface area contributed by atoms with Gasteiger partial charge < -0.3 is 19.9 Å². The average molecular weight is 421 g/mol. The first-order chi connectivity index (χ1) is 15.0. The lowest BCUT2D eigenvalue weighted by molar-refractivity contribution is -0.121. The maximum atomic E-state index is 11.2. The van der Waals surface area contributed by atoms with E-state index in [1.54, 1.807) is 23.9 Å². The van der Waals surface area contributed by atoms with Gasteiger partial charge in [-0.25, -0.2) is 4.98 Å². The summed E-state index contributed by atoms with van der Waals surface area (Å²) in [5.74, 6) is 0.370. The van der Waals surface area contributed by atoms with Gasteiger partial charge in [0, 0.05) is 18.8 Å². The van der Waals surface area contributed by atoms with Crippen molar-refractivity contribution in [1.82, 2.24) is 9.55 Å². The van der Waals surface area contributed by atoms with Crippen molar-refractivity contribution in [2.24, 2.45) is 0 Å². The minimum atomic E-state index is -0.710. The van der Waals surface area contributed by atoms with Gasteiger partial charge in [-0.1, -0.05) is 60.7 Å². The number of aromatic nitrogens is 2. The molecule has 0 saturated heterocycles. The zero-order valence-corrected chi connectivity index (χ0v) is 17.6. The Bertz CT molecular complexity index is 1000. The molecule has 0 spiro atoms. The number of aliphatic hydroxyl groups excluding tert-OH is 3. The summed E-state index contributed by atoms with van der Waals surface area (Å²) in [5, 5.41) is 28.4. The van der Waals surface area contributed by atoms with E-state index in [9.17, 15) is 15.0 Å². The zero-order chi connectivity index (χ0) is 22.2. The molecule has 6 nitrogen and oxygen atoms in total. The van der Waals surface area contributed by atoms with E-state index in [0.29, 0.717) is 18.7 Å². The fraction of sp³-hybridized carbons (Fsp3) is 0.280. The monoisotopic (exact) mass is 420 g/mol. The fourth-order valence-corrected chi connectivity index (χ4v) is 3.41. The Morgan fingerprint density at radius 1 is 1.06 bits per heavy atom. The van der Waals surface area contributed by atoms with Crippen LogP contribution in [0.5, 0.6) is 0 Å². The average Bonchev–Trinajstić information content (AvgIpc) is 3.29. The Hall–Kier alpha value is -3.06. The van der Waals surface area contributed by atoms with Crippen LogP contribution < -0.4 is 0 Å². The van der Waals surface area contributed by atoms with Crippen LogP contribution in [0.4, 0.5) is 0 Å². The van der Waals surface area contributed by atoms with E-state index in [2.05, 4.69) is 4.98 Å². The summed E-state index contributed by atoms with van der Waals surface area (Å²) in [6, 6.07) is 15.9. The second-order valence-electron chi connectivity index (χ2n) is 7.49. The van der Waals surface area contributed by atoms with Gasteiger partial charge in [0.1, 0.15) is 18.5 Å². The van der Waals surface area contributed by atoms with Crippen LogP contribution >= 0.6 is 0 Å². The highest BCUT2D eigenvalue weighted by Crippen LogP contribution is 2.22. The van der Waals surface area contributed by atoms with Crippen LogP contribution in [-0.2, 0) is 11.2 Å². The summed E-state index contributed by atoms with van der Waals surface area (Å²) in [7, 11) is 0. The van der Waals surface area contributed by atoms with Crippen molar-refractivity contribution in [2.45, 2.75) is 31.9 Å². The number of carbonyl (C=O) groups is 1. The third-order valence-corrected chi connectivity index (χ3v) is 5.19. The second kappa shape index (κ2) is 10.8. The first-order valence-corrected chi connectivity index (χ1v) is 10.3. The second-order valence-corrected chi connectivity index (χ2v) is 7.49. The van der Waals surface area contributed by atoms with E-state index < -0.39 is 12.7 Å². The first-order valence-electron chi connectivity index (χ1n) is 10.3. The number of ketones is 1. The van der Waals surface area contributed by atoms with Gasteiger partial charge in [-0.15, -0.1) is 0 Å². The molecule has 1 heterocycles. The lowest BCUT2D eigenvalue weighted by atomic mass is 10.0. The molecule has 162 valence electrons.